The van der Waals surface area contributed by atoms with Gasteiger partial charge in [0.05, 0.1) is 22.9 Å². The van der Waals surface area contributed by atoms with E-state index in [4.69, 9.17) is 34.8 Å². The van der Waals surface area contributed by atoms with Crippen LogP contribution in [0.3, 0.4) is 0 Å². The number of nitrogens with one attached hydrogen (secondary N) is 1. The van der Waals surface area contributed by atoms with Gasteiger partial charge in [0.15, 0.2) is 0 Å². The van der Waals surface area contributed by atoms with Gasteiger partial charge < -0.3 is 5.32 Å². The fraction of sp³-hybridized carbons (Fsp3) is 0.214. The molecule has 2 nitrogen and oxygen atoms in total. The van der Waals surface area contributed by atoms with Gasteiger partial charge in [-0.3, -0.25) is 0 Å². The average Bonchev–Trinajstić information content (AvgIpc) is 2.38. The molecule has 2 rings (SSSR count). The standard InChI is InChI=1S/C14H12Cl3FN2/c1-7-3-9(6-19-14(7)17)20-8(2)10-4-13(18)12(16)5-11(10)15/h3-6,8,20H,1-2H3. The number of anilines is 1. The SMILES string of the molecule is Cc1cc(NC(C)c2cc(F)c(Cl)cc2Cl)cnc1Cl. The summed E-state index contributed by atoms with van der Waals surface area (Å²) in [7, 11) is 0. The van der Waals surface area contributed by atoms with Gasteiger partial charge in [0, 0.05) is 5.02 Å². The second-order valence-corrected chi connectivity index (χ2v) is 5.66. The van der Waals surface area contributed by atoms with Crippen LogP contribution in [0.25, 0.3) is 0 Å². The minimum absolute atomic E-state index is 0.00922. The Kier molecular flexibility index (Phi) is 4.74. The zero-order chi connectivity index (χ0) is 14.9. The lowest BCUT2D eigenvalue weighted by Crippen LogP contribution is -2.08. The summed E-state index contributed by atoms with van der Waals surface area (Å²) < 4.78 is 13.5. The summed E-state index contributed by atoms with van der Waals surface area (Å²) >= 11 is 17.6. The molecule has 0 bridgehead atoms. The molecule has 0 aliphatic heterocycles. The summed E-state index contributed by atoms with van der Waals surface area (Å²) in [5, 5.41) is 4.08. The summed E-state index contributed by atoms with van der Waals surface area (Å²) in [6, 6.07) is 4.40. The lowest BCUT2D eigenvalue weighted by molar-refractivity contribution is 0.624. The minimum atomic E-state index is -0.495. The van der Waals surface area contributed by atoms with E-state index < -0.39 is 5.82 Å². The van der Waals surface area contributed by atoms with E-state index in [0.29, 0.717) is 15.7 Å². The molecule has 1 N–H and O–H groups in total. The zero-order valence-corrected chi connectivity index (χ0v) is 13.1. The van der Waals surface area contributed by atoms with E-state index in [2.05, 4.69) is 10.3 Å². The molecule has 6 heteroatoms. The largest absolute Gasteiger partial charge is 0.377 e. The molecule has 0 spiro atoms. The van der Waals surface area contributed by atoms with Crippen molar-refractivity contribution in [1.29, 1.82) is 0 Å². The number of aryl methyl sites for hydroxylation is 1. The highest BCUT2D eigenvalue weighted by atomic mass is 35.5. The number of aromatic nitrogens is 1. The highest BCUT2D eigenvalue weighted by molar-refractivity contribution is 6.35. The van der Waals surface area contributed by atoms with Crippen molar-refractivity contribution in [2.45, 2.75) is 19.9 Å². The molecule has 0 aliphatic rings. The van der Waals surface area contributed by atoms with Gasteiger partial charge in [-0.25, -0.2) is 9.37 Å². The first-order chi connectivity index (χ1) is 9.38. The highest BCUT2D eigenvalue weighted by Crippen LogP contribution is 2.30. The van der Waals surface area contributed by atoms with E-state index in [0.717, 1.165) is 11.3 Å². The lowest BCUT2D eigenvalue weighted by Gasteiger charge is -2.17. The van der Waals surface area contributed by atoms with Crippen molar-refractivity contribution in [2.24, 2.45) is 0 Å². The van der Waals surface area contributed by atoms with Crippen LogP contribution in [0.15, 0.2) is 24.4 Å². The summed E-state index contributed by atoms with van der Waals surface area (Å²) in [5.41, 5.74) is 2.27. The minimum Gasteiger partial charge on any atom is -0.377 e. The van der Waals surface area contributed by atoms with Crippen LogP contribution >= 0.6 is 34.8 Å². The van der Waals surface area contributed by atoms with Crippen LogP contribution in [-0.2, 0) is 0 Å². The van der Waals surface area contributed by atoms with Crippen molar-refractivity contribution < 1.29 is 4.39 Å². The average molecular weight is 334 g/mol. The van der Waals surface area contributed by atoms with Crippen LogP contribution in [0, 0.1) is 12.7 Å². The molecule has 1 aromatic carbocycles. The summed E-state index contributed by atoms with van der Waals surface area (Å²) in [4.78, 5) is 4.05. The van der Waals surface area contributed by atoms with Gasteiger partial charge in [0.1, 0.15) is 11.0 Å². The van der Waals surface area contributed by atoms with E-state index in [1.165, 1.54) is 12.1 Å². The van der Waals surface area contributed by atoms with E-state index >= 15 is 0 Å². The van der Waals surface area contributed by atoms with Crippen molar-refractivity contribution in [1.82, 2.24) is 4.98 Å². The molecule has 0 saturated carbocycles. The monoisotopic (exact) mass is 332 g/mol. The van der Waals surface area contributed by atoms with Gasteiger partial charge in [-0.2, -0.15) is 0 Å². The van der Waals surface area contributed by atoms with Crippen molar-refractivity contribution >= 4 is 40.5 Å². The Morgan fingerprint density at radius 2 is 1.85 bits per heavy atom. The van der Waals surface area contributed by atoms with Gasteiger partial charge in [-0.1, -0.05) is 34.8 Å². The molecular formula is C14H12Cl3FN2. The van der Waals surface area contributed by atoms with Crippen LogP contribution in [-0.4, -0.2) is 4.98 Å². The number of rotatable bonds is 3. The maximum Gasteiger partial charge on any atom is 0.142 e. The quantitative estimate of drug-likeness (QED) is 0.579. The van der Waals surface area contributed by atoms with Gasteiger partial charge >= 0.3 is 0 Å². The first-order valence-corrected chi connectivity index (χ1v) is 7.05. The second kappa shape index (κ2) is 6.17. The van der Waals surface area contributed by atoms with Crippen LogP contribution < -0.4 is 5.32 Å². The Morgan fingerprint density at radius 3 is 2.50 bits per heavy atom. The predicted molar refractivity (Wildman–Crippen MR) is 82.4 cm³/mol. The number of hydrogen-bond acceptors (Lipinski definition) is 2. The fourth-order valence-corrected chi connectivity index (χ4v) is 2.48. The van der Waals surface area contributed by atoms with E-state index in [-0.39, 0.29) is 11.1 Å². The third-order valence-electron chi connectivity index (χ3n) is 2.90. The molecule has 106 valence electrons. The van der Waals surface area contributed by atoms with Crippen molar-refractivity contribution in [3.8, 4) is 0 Å². The second-order valence-electron chi connectivity index (χ2n) is 4.49. The number of benzene rings is 1. The Bertz CT molecular complexity index is 647. The number of hydrogen-bond donors (Lipinski definition) is 1. The lowest BCUT2D eigenvalue weighted by atomic mass is 10.1. The normalized spacial score (nSPS) is 12.3. The molecule has 0 radical (unpaired) electrons. The number of pyridine rings is 1. The van der Waals surface area contributed by atoms with E-state index in [1.54, 1.807) is 6.20 Å². The fourth-order valence-electron chi connectivity index (χ4n) is 1.83. The topological polar surface area (TPSA) is 24.9 Å². The zero-order valence-electron chi connectivity index (χ0n) is 10.8. The van der Waals surface area contributed by atoms with Crippen molar-refractivity contribution in [2.75, 3.05) is 5.32 Å². The van der Waals surface area contributed by atoms with Crippen LogP contribution in [0.2, 0.25) is 15.2 Å². The Morgan fingerprint density at radius 1 is 1.15 bits per heavy atom. The molecule has 20 heavy (non-hydrogen) atoms. The molecule has 2 aromatic rings. The molecule has 1 heterocycles. The Labute approximate surface area is 131 Å². The summed E-state index contributed by atoms with van der Waals surface area (Å²) in [6.07, 6.45) is 1.62. The molecule has 0 saturated heterocycles. The third-order valence-corrected chi connectivity index (χ3v) is 3.92. The Hall–Kier alpha value is -1.03. The van der Waals surface area contributed by atoms with Crippen molar-refractivity contribution in [3.63, 3.8) is 0 Å². The Balaban J connectivity index is 2.25. The van der Waals surface area contributed by atoms with Crippen molar-refractivity contribution in [3.05, 3.63) is 56.5 Å². The molecule has 1 atom stereocenters. The highest BCUT2D eigenvalue weighted by Gasteiger charge is 2.14. The molecule has 0 fully saturated rings. The van der Waals surface area contributed by atoms with Crippen LogP contribution in [0.5, 0.6) is 0 Å². The molecule has 1 unspecified atom stereocenters. The third kappa shape index (κ3) is 3.35. The van der Waals surface area contributed by atoms with Gasteiger partial charge in [0.2, 0.25) is 0 Å². The van der Waals surface area contributed by atoms with Gasteiger partial charge in [-0.15, -0.1) is 0 Å². The maximum absolute atomic E-state index is 13.5. The van der Waals surface area contributed by atoms with E-state index in [1.807, 2.05) is 19.9 Å². The summed E-state index contributed by atoms with van der Waals surface area (Å²) in [6.45, 7) is 3.73. The number of nitrogens with zero attached hydrogens (tertiary/aromatic N) is 1. The smallest absolute Gasteiger partial charge is 0.142 e. The first kappa shape index (κ1) is 15.4. The molecular weight excluding hydrogens is 322 g/mol. The van der Waals surface area contributed by atoms with Crippen LogP contribution in [0.4, 0.5) is 10.1 Å². The van der Waals surface area contributed by atoms with E-state index in [9.17, 15) is 4.39 Å². The predicted octanol–water partition coefficient (Wildman–Crippen LogP) is 5.66. The molecule has 0 amide bonds. The summed E-state index contributed by atoms with van der Waals surface area (Å²) in [5.74, 6) is -0.495. The van der Waals surface area contributed by atoms with Gasteiger partial charge in [0.25, 0.3) is 0 Å². The molecule has 1 aromatic heterocycles. The van der Waals surface area contributed by atoms with Crippen LogP contribution in [0.1, 0.15) is 24.1 Å². The maximum atomic E-state index is 13.5. The first-order valence-electron chi connectivity index (χ1n) is 5.91. The number of halogens is 4. The van der Waals surface area contributed by atoms with Gasteiger partial charge in [-0.05, 0) is 43.2 Å². The molecule has 0 aliphatic carbocycles.